The summed E-state index contributed by atoms with van der Waals surface area (Å²) in [5.74, 6) is 0.246. The SMILES string of the molecule is COC(=O)COc1ccc2c(c1)CCN(Cc1sc(-c3ccc(C(F)(F)F)cc3)cc1C)CC2. The largest absolute Gasteiger partial charge is 0.482 e. The third-order valence-electron chi connectivity index (χ3n) is 6.04. The van der Waals surface area contributed by atoms with Crippen molar-refractivity contribution >= 4 is 17.3 Å². The summed E-state index contributed by atoms with van der Waals surface area (Å²) in [6.07, 6.45) is -2.53. The maximum atomic E-state index is 12.9. The number of fused-ring (bicyclic) bond motifs is 1. The minimum atomic E-state index is -4.33. The first-order valence-corrected chi connectivity index (χ1v) is 11.9. The summed E-state index contributed by atoms with van der Waals surface area (Å²) in [5.41, 5.74) is 3.82. The van der Waals surface area contributed by atoms with Gasteiger partial charge in [-0.15, -0.1) is 11.3 Å². The van der Waals surface area contributed by atoms with Crippen molar-refractivity contribution in [1.82, 2.24) is 4.90 Å². The van der Waals surface area contributed by atoms with Crippen molar-refractivity contribution in [3.05, 3.63) is 75.7 Å². The van der Waals surface area contributed by atoms with Crippen LogP contribution >= 0.6 is 11.3 Å². The fourth-order valence-electron chi connectivity index (χ4n) is 4.04. The molecule has 8 heteroatoms. The molecule has 1 aliphatic heterocycles. The molecule has 1 aromatic heterocycles. The van der Waals surface area contributed by atoms with Gasteiger partial charge in [0.1, 0.15) is 5.75 Å². The Kier molecular flexibility index (Phi) is 7.28. The number of nitrogens with zero attached hydrogens (tertiary/aromatic N) is 1. The fraction of sp³-hybridized carbons (Fsp3) is 0.346. The molecule has 3 aromatic rings. The number of methoxy groups -OCH3 is 1. The first kappa shape index (κ1) is 24.3. The first-order chi connectivity index (χ1) is 16.2. The van der Waals surface area contributed by atoms with Crippen molar-refractivity contribution in [2.75, 3.05) is 26.8 Å². The average molecular weight is 490 g/mol. The molecule has 0 bridgehead atoms. The Bertz CT molecular complexity index is 1160. The summed E-state index contributed by atoms with van der Waals surface area (Å²) in [4.78, 5) is 15.9. The molecule has 0 saturated heterocycles. The third-order valence-corrected chi connectivity index (χ3v) is 7.31. The highest BCUT2D eigenvalue weighted by molar-refractivity contribution is 7.15. The number of aryl methyl sites for hydroxylation is 1. The molecule has 0 radical (unpaired) electrons. The van der Waals surface area contributed by atoms with Crippen molar-refractivity contribution < 1.29 is 27.4 Å². The smallest absolute Gasteiger partial charge is 0.416 e. The summed E-state index contributed by atoms with van der Waals surface area (Å²) in [5, 5.41) is 0. The van der Waals surface area contributed by atoms with Gasteiger partial charge < -0.3 is 9.47 Å². The monoisotopic (exact) mass is 489 g/mol. The second-order valence-electron chi connectivity index (χ2n) is 8.36. The van der Waals surface area contributed by atoms with E-state index in [1.807, 2.05) is 12.1 Å². The van der Waals surface area contributed by atoms with E-state index in [-0.39, 0.29) is 6.61 Å². The molecule has 0 saturated carbocycles. The van der Waals surface area contributed by atoms with Gasteiger partial charge in [0.15, 0.2) is 6.61 Å². The van der Waals surface area contributed by atoms with Crippen molar-refractivity contribution in [2.45, 2.75) is 32.5 Å². The zero-order valence-corrected chi connectivity index (χ0v) is 19.9. The number of carbonyl (C=O) groups is 1. The summed E-state index contributed by atoms with van der Waals surface area (Å²) in [6.45, 7) is 4.55. The van der Waals surface area contributed by atoms with E-state index < -0.39 is 17.7 Å². The molecule has 0 unspecified atom stereocenters. The average Bonchev–Trinajstić information content (AvgIpc) is 3.06. The number of hydrogen-bond acceptors (Lipinski definition) is 5. The molecule has 4 rings (SSSR count). The Morgan fingerprint density at radius 3 is 2.41 bits per heavy atom. The number of alkyl halides is 3. The van der Waals surface area contributed by atoms with E-state index in [2.05, 4.69) is 28.7 Å². The van der Waals surface area contributed by atoms with Crippen LogP contribution < -0.4 is 4.74 Å². The Morgan fingerprint density at radius 1 is 1.03 bits per heavy atom. The van der Waals surface area contributed by atoms with Gasteiger partial charge in [-0.3, -0.25) is 4.90 Å². The number of ether oxygens (including phenoxy) is 2. The lowest BCUT2D eigenvalue weighted by molar-refractivity contribution is -0.143. The quantitative estimate of drug-likeness (QED) is 0.405. The van der Waals surface area contributed by atoms with Crippen molar-refractivity contribution in [1.29, 1.82) is 0 Å². The van der Waals surface area contributed by atoms with E-state index in [1.54, 1.807) is 23.5 Å². The molecule has 2 heterocycles. The maximum absolute atomic E-state index is 12.9. The molecule has 180 valence electrons. The summed E-state index contributed by atoms with van der Waals surface area (Å²) < 4.78 is 48.7. The topological polar surface area (TPSA) is 38.8 Å². The molecule has 34 heavy (non-hydrogen) atoms. The highest BCUT2D eigenvalue weighted by atomic mass is 32.1. The van der Waals surface area contributed by atoms with Crippen LogP contribution in [-0.2, 0) is 35.1 Å². The van der Waals surface area contributed by atoms with E-state index >= 15 is 0 Å². The number of benzene rings is 2. The van der Waals surface area contributed by atoms with E-state index in [1.165, 1.54) is 23.1 Å². The predicted molar refractivity (Wildman–Crippen MR) is 126 cm³/mol. The highest BCUT2D eigenvalue weighted by Gasteiger charge is 2.30. The molecular weight excluding hydrogens is 463 g/mol. The molecule has 4 nitrogen and oxygen atoms in total. The van der Waals surface area contributed by atoms with Crippen molar-refractivity contribution in [3.8, 4) is 16.2 Å². The van der Waals surface area contributed by atoms with Gasteiger partial charge in [0.05, 0.1) is 12.7 Å². The highest BCUT2D eigenvalue weighted by Crippen LogP contribution is 2.35. The zero-order chi connectivity index (χ0) is 24.3. The van der Waals surface area contributed by atoms with Crippen LogP contribution in [0.5, 0.6) is 5.75 Å². The molecule has 0 fully saturated rings. The van der Waals surface area contributed by atoms with Crippen LogP contribution in [0.3, 0.4) is 0 Å². The van der Waals surface area contributed by atoms with Crippen molar-refractivity contribution in [3.63, 3.8) is 0 Å². The lowest BCUT2D eigenvalue weighted by Gasteiger charge is -2.19. The standard InChI is InChI=1S/C26H26F3NO3S/c1-17-13-23(19-3-6-21(7-4-19)26(27,28)29)34-24(17)15-30-11-9-18-5-8-22(14-20(18)10-12-30)33-16-25(31)32-2/h3-8,13-14H,9-12,15-16H2,1-2H3. The predicted octanol–water partition coefficient (Wildman–Crippen LogP) is 5.89. The van der Waals surface area contributed by atoms with Gasteiger partial charge >= 0.3 is 12.1 Å². The Hall–Kier alpha value is -2.84. The van der Waals surface area contributed by atoms with Gasteiger partial charge in [0, 0.05) is 29.4 Å². The van der Waals surface area contributed by atoms with Crippen LogP contribution in [0, 0.1) is 6.92 Å². The van der Waals surface area contributed by atoms with Gasteiger partial charge in [-0.2, -0.15) is 13.2 Å². The minimum Gasteiger partial charge on any atom is -0.482 e. The minimum absolute atomic E-state index is 0.111. The van der Waals surface area contributed by atoms with Crippen LogP contribution in [-0.4, -0.2) is 37.7 Å². The van der Waals surface area contributed by atoms with Crippen LogP contribution in [0.1, 0.15) is 27.1 Å². The van der Waals surface area contributed by atoms with E-state index in [9.17, 15) is 18.0 Å². The van der Waals surface area contributed by atoms with E-state index in [4.69, 9.17) is 4.74 Å². The molecule has 0 N–H and O–H groups in total. The second kappa shape index (κ2) is 10.2. The number of carbonyl (C=O) groups excluding carboxylic acids is 1. The van der Waals surface area contributed by atoms with Gasteiger partial charge in [-0.25, -0.2) is 4.79 Å². The van der Waals surface area contributed by atoms with Crippen LogP contribution in [0.25, 0.3) is 10.4 Å². The number of thiophene rings is 1. The summed E-state index contributed by atoms with van der Waals surface area (Å²) in [6, 6.07) is 13.4. The number of hydrogen-bond donors (Lipinski definition) is 0. The fourth-order valence-corrected chi connectivity index (χ4v) is 5.26. The summed E-state index contributed by atoms with van der Waals surface area (Å²) >= 11 is 1.64. The number of halogens is 3. The summed E-state index contributed by atoms with van der Waals surface area (Å²) in [7, 11) is 1.33. The zero-order valence-electron chi connectivity index (χ0n) is 19.1. The lowest BCUT2D eigenvalue weighted by Crippen LogP contribution is -2.25. The third kappa shape index (κ3) is 5.80. The molecule has 0 aliphatic carbocycles. The van der Waals surface area contributed by atoms with Gasteiger partial charge in [0.2, 0.25) is 0 Å². The normalized spacial score (nSPS) is 14.4. The maximum Gasteiger partial charge on any atom is 0.416 e. The van der Waals surface area contributed by atoms with Crippen LogP contribution in [0.2, 0.25) is 0 Å². The van der Waals surface area contributed by atoms with Gasteiger partial charge in [-0.05, 0) is 72.4 Å². The molecule has 0 spiro atoms. The first-order valence-electron chi connectivity index (χ1n) is 11.0. The molecule has 0 atom stereocenters. The Labute approximate surface area is 200 Å². The van der Waals surface area contributed by atoms with Crippen molar-refractivity contribution in [2.24, 2.45) is 0 Å². The van der Waals surface area contributed by atoms with Gasteiger partial charge in [-0.1, -0.05) is 18.2 Å². The van der Waals surface area contributed by atoms with Gasteiger partial charge in [0.25, 0.3) is 0 Å². The van der Waals surface area contributed by atoms with Crippen LogP contribution in [0.15, 0.2) is 48.5 Å². The van der Waals surface area contributed by atoms with Crippen LogP contribution in [0.4, 0.5) is 13.2 Å². The van der Waals surface area contributed by atoms with E-state index in [0.717, 1.165) is 60.6 Å². The number of esters is 1. The van der Waals surface area contributed by atoms with E-state index in [0.29, 0.717) is 5.75 Å². The Balaban J connectivity index is 1.41. The lowest BCUT2D eigenvalue weighted by atomic mass is 10.0. The molecule has 2 aromatic carbocycles. The number of rotatable bonds is 6. The molecule has 1 aliphatic rings. The Morgan fingerprint density at radius 2 is 1.74 bits per heavy atom. The molecule has 0 amide bonds. The second-order valence-corrected chi connectivity index (χ2v) is 9.50. The molecular formula is C26H26F3NO3S.